The zero-order valence-electron chi connectivity index (χ0n) is 37.2. The Morgan fingerprint density at radius 2 is 1.35 bits per heavy atom. The van der Waals surface area contributed by atoms with Crippen molar-refractivity contribution in [3.05, 3.63) is 148 Å². The maximum Gasteiger partial charge on any atom is 0.326 e. The van der Waals surface area contributed by atoms with Crippen molar-refractivity contribution >= 4 is 52.6 Å². The van der Waals surface area contributed by atoms with E-state index in [2.05, 4.69) is 16.0 Å². The van der Waals surface area contributed by atoms with Crippen LogP contribution in [0.15, 0.2) is 127 Å². The molecule has 2 aliphatic rings. The first-order valence-electron chi connectivity index (χ1n) is 21.9. The summed E-state index contributed by atoms with van der Waals surface area (Å²) in [7, 11) is 0. The summed E-state index contributed by atoms with van der Waals surface area (Å²) in [5.74, 6) is -6.83. The summed E-state index contributed by atoms with van der Waals surface area (Å²) in [6.45, 7) is 4.57. The SMILES string of the molecule is CC(C)(C)OC(=O)C[C@H](NC(=O)[C@H]1CC(=O)[C@H](Cc2ccccc2)NC(=O)[C@@H](Cc2ccc(-c3ccccc3)cc2)NC(=O)[C@H](Cc2cccs2)CC(=O)COc2ccc(cc2)C1)C(=O)O. The number of aliphatic carboxylic acids is 1. The fourth-order valence-electron chi connectivity index (χ4n) is 7.68. The Kier molecular flexibility index (Phi) is 16.8. The number of esters is 1. The van der Waals surface area contributed by atoms with Crippen molar-refractivity contribution in [2.45, 2.75) is 89.4 Å². The Balaban J connectivity index is 1.35. The molecule has 4 aromatic carbocycles. The smallest absolute Gasteiger partial charge is 0.326 e. The highest BCUT2D eigenvalue weighted by atomic mass is 32.1. The predicted molar refractivity (Wildman–Crippen MR) is 250 cm³/mol. The van der Waals surface area contributed by atoms with E-state index in [0.29, 0.717) is 16.9 Å². The minimum Gasteiger partial charge on any atom is -0.486 e. The fraction of sp³-hybridized carbons (Fsp3) is 0.327. The third kappa shape index (κ3) is 14.8. The second kappa shape index (κ2) is 22.8. The lowest BCUT2D eigenvalue weighted by atomic mass is 9.89. The monoisotopic (exact) mass is 913 g/mol. The molecule has 13 nitrogen and oxygen atoms in total. The maximum absolute atomic E-state index is 14.7. The summed E-state index contributed by atoms with van der Waals surface area (Å²) in [5, 5.41) is 20.2. The number of ketones is 2. The van der Waals surface area contributed by atoms with Crippen LogP contribution in [0, 0.1) is 11.8 Å². The van der Waals surface area contributed by atoms with Gasteiger partial charge in [-0.05, 0) is 91.4 Å². The van der Waals surface area contributed by atoms with E-state index in [-0.39, 0.29) is 44.5 Å². The largest absolute Gasteiger partial charge is 0.486 e. The van der Waals surface area contributed by atoms with E-state index >= 15 is 0 Å². The Bertz CT molecular complexity index is 2450. The molecule has 344 valence electrons. The highest BCUT2D eigenvalue weighted by molar-refractivity contribution is 7.09. The van der Waals surface area contributed by atoms with Crippen molar-refractivity contribution in [1.82, 2.24) is 16.0 Å². The molecular weight excluding hydrogens is 859 g/mol. The van der Waals surface area contributed by atoms with Gasteiger partial charge >= 0.3 is 11.9 Å². The lowest BCUT2D eigenvalue weighted by Crippen LogP contribution is -2.54. The number of Topliss-reactive ketones (excluding diaryl/α,β-unsaturated/α-hetero) is 2. The maximum atomic E-state index is 14.7. The average Bonchev–Trinajstić information content (AvgIpc) is 3.81. The molecule has 4 N–H and O–H groups in total. The Labute approximate surface area is 388 Å². The minimum atomic E-state index is -1.66. The van der Waals surface area contributed by atoms with Gasteiger partial charge in [0, 0.05) is 36.0 Å². The van der Waals surface area contributed by atoms with E-state index in [9.17, 15) is 38.7 Å². The molecule has 0 radical (unpaired) electrons. The summed E-state index contributed by atoms with van der Waals surface area (Å²) in [6, 6.07) is 32.6. The number of carbonyl (C=O) groups is 7. The first-order valence-corrected chi connectivity index (χ1v) is 22.8. The number of carbonyl (C=O) groups excluding carboxylic acids is 6. The Morgan fingerprint density at radius 1 is 0.727 bits per heavy atom. The van der Waals surface area contributed by atoms with Crippen molar-refractivity contribution in [3.63, 3.8) is 0 Å². The van der Waals surface area contributed by atoms with Crippen molar-refractivity contribution < 1.29 is 48.1 Å². The first-order chi connectivity index (χ1) is 31.6. The molecule has 2 bridgehead atoms. The van der Waals surface area contributed by atoms with Gasteiger partial charge in [-0.1, -0.05) is 103 Å². The molecule has 5 atom stereocenters. The van der Waals surface area contributed by atoms with Gasteiger partial charge in [-0.25, -0.2) is 4.79 Å². The number of ether oxygens (including phenoxy) is 2. The van der Waals surface area contributed by atoms with Crippen LogP contribution in [0.1, 0.15) is 61.6 Å². The van der Waals surface area contributed by atoms with E-state index < -0.39 is 83.8 Å². The number of carboxylic acids is 1. The number of nitrogens with one attached hydrogen (secondary N) is 3. The quantitative estimate of drug-likeness (QED) is 0.100. The second-order valence-electron chi connectivity index (χ2n) is 17.5. The molecule has 0 unspecified atom stereocenters. The number of amides is 3. The number of carboxylic acid groups (broad SMARTS) is 1. The zero-order chi connectivity index (χ0) is 47.2. The van der Waals surface area contributed by atoms with E-state index in [1.807, 2.05) is 78.2 Å². The lowest BCUT2D eigenvalue weighted by Gasteiger charge is -2.26. The second-order valence-corrected chi connectivity index (χ2v) is 18.5. The zero-order valence-corrected chi connectivity index (χ0v) is 38.0. The van der Waals surface area contributed by atoms with Crippen molar-refractivity contribution in [3.8, 4) is 16.9 Å². The third-order valence-electron chi connectivity index (χ3n) is 11.0. The van der Waals surface area contributed by atoms with Crippen LogP contribution in [0.3, 0.4) is 0 Å². The molecule has 1 aromatic heterocycles. The van der Waals surface area contributed by atoms with E-state index in [0.717, 1.165) is 21.6 Å². The summed E-state index contributed by atoms with van der Waals surface area (Å²) in [6.07, 6.45) is -0.992. The summed E-state index contributed by atoms with van der Waals surface area (Å²) >= 11 is 1.45. The molecule has 66 heavy (non-hydrogen) atoms. The van der Waals surface area contributed by atoms with Gasteiger partial charge in [0.2, 0.25) is 17.7 Å². The van der Waals surface area contributed by atoms with Crippen LogP contribution in [0.2, 0.25) is 0 Å². The Hall–Kier alpha value is -6.93. The topological polar surface area (TPSA) is 194 Å². The van der Waals surface area contributed by atoms with Gasteiger partial charge in [0.15, 0.2) is 11.6 Å². The van der Waals surface area contributed by atoms with Crippen LogP contribution in [-0.2, 0) is 64.0 Å². The number of hydrogen-bond donors (Lipinski definition) is 4. The summed E-state index contributed by atoms with van der Waals surface area (Å²) in [5.41, 5.74) is 3.07. The number of hydrogen-bond acceptors (Lipinski definition) is 10. The predicted octanol–water partition coefficient (Wildman–Crippen LogP) is 6.50. The molecule has 3 heterocycles. The molecule has 0 aliphatic carbocycles. The van der Waals surface area contributed by atoms with Gasteiger partial charge in [0.25, 0.3) is 0 Å². The molecule has 7 rings (SSSR count). The fourth-order valence-corrected chi connectivity index (χ4v) is 8.47. The number of fused-ring (bicyclic) bond motifs is 16. The number of rotatable bonds is 12. The Morgan fingerprint density at radius 3 is 1.98 bits per heavy atom. The molecule has 14 heteroatoms. The van der Waals surface area contributed by atoms with Crippen LogP contribution < -0.4 is 20.7 Å². The molecule has 5 aromatic rings. The van der Waals surface area contributed by atoms with Gasteiger partial charge in [-0.2, -0.15) is 0 Å². The van der Waals surface area contributed by atoms with Gasteiger partial charge in [0.05, 0.1) is 12.5 Å². The molecule has 0 fully saturated rings. The van der Waals surface area contributed by atoms with Crippen molar-refractivity contribution in [2.24, 2.45) is 11.8 Å². The van der Waals surface area contributed by atoms with E-state index in [1.54, 1.807) is 69.3 Å². The van der Waals surface area contributed by atoms with Crippen LogP contribution >= 0.6 is 11.3 Å². The number of benzene rings is 4. The minimum absolute atomic E-state index is 0.0319. The highest BCUT2D eigenvalue weighted by Crippen LogP contribution is 2.24. The standard InChI is InChI=1S/C52H55N3O10S/c1-52(2,3)65-47(58)31-45(51(62)63)55-48(59)38-25-34-18-22-41(23-19-34)64-32-40(56)28-39(29-42-15-10-24-66-42)49(60)54-44(27-35-16-20-37(21-17-35)36-13-8-5-9-14-36)50(61)53-43(46(57)30-38)26-33-11-6-4-7-12-33/h4-24,38-39,43-45H,25-32H2,1-3H3,(H,53,61)(H,54,60)(H,55,59)(H,62,63)/t38-,39+,43+,44-,45+/m1/s1. The van der Waals surface area contributed by atoms with Crippen LogP contribution in [0.4, 0.5) is 0 Å². The molecule has 0 spiro atoms. The summed E-state index contributed by atoms with van der Waals surface area (Å²) in [4.78, 5) is 97.3. The molecule has 2 aliphatic heterocycles. The van der Waals surface area contributed by atoms with Crippen molar-refractivity contribution in [2.75, 3.05) is 6.61 Å². The van der Waals surface area contributed by atoms with E-state index in [4.69, 9.17) is 9.47 Å². The third-order valence-corrected chi connectivity index (χ3v) is 11.9. The van der Waals surface area contributed by atoms with Crippen molar-refractivity contribution in [1.29, 1.82) is 0 Å². The molecule has 0 saturated heterocycles. The highest BCUT2D eigenvalue weighted by Gasteiger charge is 2.35. The van der Waals surface area contributed by atoms with Crippen LogP contribution in [0.5, 0.6) is 5.75 Å². The van der Waals surface area contributed by atoms with Gasteiger partial charge in [-0.15, -0.1) is 11.3 Å². The van der Waals surface area contributed by atoms with E-state index in [1.165, 1.54) is 11.3 Å². The van der Waals surface area contributed by atoms with Gasteiger partial charge in [-0.3, -0.25) is 28.8 Å². The van der Waals surface area contributed by atoms with Gasteiger partial charge < -0.3 is 30.5 Å². The first kappa shape index (κ1) is 48.5. The molecule has 3 amide bonds. The molecule has 0 saturated carbocycles. The molecular formula is C52H55N3O10S. The number of thiophene rings is 1. The van der Waals surface area contributed by atoms with Crippen LogP contribution in [-0.4, -0.2) is 76.7 Å². The van der Waals surface area contributed by atoms with Gasteiger partial charge in [0.1, 0.15) is 30.0 Å². The van der Waals surface area contributed by atoms with Crippen LogP contribution in [0.25, 0.3) is 11.1 Å². The normalized spacial score (nSPS) is 19.2. The average molecular weight is 914 g/mol. The lowest BCUT2D eigenvalue weighted by molar-refractivity contribution is -0.158. The summed E-state index contributed by atoms with van der Waals surface area (Å²) < 4.78 is 11.2.